The first-order chi connectivity index (χ1) is 59.8. The number of aliphatic hydroxyl groups is 6. The van der Waals surface area contributed by atoms with Gasteiger partial charge in [0.05, 0.1) is 14.7 Å². The van der Waals surface area contributed by atoms with Crippen LogP contribution in [0.15, 0.2) is 217 Å². The van der Waals surface area contributed by atoms with Crippen molar-refractivity contribution in [1.82, 2.24) is 0 Å². The van der Waals surface area contributed by atoms with Crippen LogP contribution in [0.5, 0.6) is 46.0 Å². The summed E-state index contributed by atoms with van der Waals surface area (Å²) in [4.78, 5) is 75.9. The van der Waals surface area contributed by atoms with E-state index in [9.17, 15) is 69.6 Å². The largest absolute Gasteiger partial charge is 0.508 e. The molecule has 2 saturated carbocycles. The van der Waals surface area contributed by atoms with E-state index < -0.39 is 175 Å². The average molecular weight is 1880 g/mol. The Hall–Kier alpha value is -11.3. The predicted octanol–water partition coefficient (Wildman–Crippen LogP) is 0.558. The third-order valence-electron chi connectivity index (χ3n) is 21.8. The van der Waals surface area contributed by atoms with E-state index in [1.54, 1.807) is 60.7 Å². The summed E-state index contributed by atoms with van der Waals surface area (Å²) in [7, 11) is 61.7. The zero-order valence-corrected chi connectivity index (χ0v) is 70.7. The van der Waals surface area contributed by atoms with Crippen molar-refractivity contribution in [2.45, 2.75) is 57.2 Å². The molecule has 0 aromatic heterocycles. The molecule has 3 aliphatic heterocycles. The summed E-state index contributed by atoms with van der Waals surface area (Å²) in [5, 5.41) is 107. The Bertz CT molecular complexity index is 6180. The summed E-state index contributed by atoms with van der Waals surface area (Å²) in [6, 6.07) is 18.8. The Balaban J connectivity index is 0.000000193. The predicted molar refractivity (Wildman–Crippen MR) is 510 cm³/mol. The Morgan fingerprint density at radius 1 is 0.433 bits per heavy atom. The molecule has 0 spiro atoms. The number of aliphatic hydroxyl groups excluding tert-OH is 4. The number of aromatic hydroxyl groups is 2. The van der Waals surface area contributed by atoms with Crippen LogP contribution >= 0.6 is 45.2 Å². The number of Topliss-reactive ketones (excluding diaryl/α,β-unsaturated/α-hetero) is 4. The molecule has 6 aliphatic carbocycles. The summed E-state index contributed by atoms with van der Waals surface area (Å²) in [6.45, 7) is 6.90. The second-order valence-corrected chi connectivity index (χ2v) is 31.5. The van der Waals surface area contributed by atoms with Crippen LogP contribution in [0, 0.1) is 30.8 Å². The molecule has 47 heteroatoms. The SMILES string of the molecule is C.C=C=C=C=C=C=C=C=C=C=C=C=C=C=C=C=C=C=C=C.NC(=O)C1=C(O)[C@@]2(O)C(=O)C3=C(O)c4c(O)c(-c5ccc6c(c5)OCO6)cc(-c5ccc6c(c5)OCO6)c4C[C@H]3C[C@H]2CC1=O.NC(=O)C1=C(O)[C@@]2(O)C(=O)C3=C(O)c4c(O)c(I)cc(I)c4C[C@H]3C[C@H]2CC1=O.OB(O)c1ccc2c(c1)OCO2.[B]B([B])B([B])B(B(B([B])[B])B([B])[B])B(B([B])[B])B([B])[B]. The molecule has 3 heterocycles. The molecular weight excluding hydrogens is 1820 g/mol. The van der Waals surface area contributed by atoms with Crippen molar-refractivity contribution < 1.29 is 108 Å². The Morgan fingerprint density at radius 3 is 1.14 bits per heavy atom. The van der Waals surface area contributed by atoms with Crippen LogP contribution in [0.25, 0.3) is 33.8 Å². The number of carbonyl (C=O) groups is 6. The van der Waals surface area contributed by atoms with Crippen LogP contribution in [-0.2, 0) is 41.6 Å². The van der Waals surface area contributed by atoms with Gasteiger partial charge in [0, 0.05) is 188 Å². The third-order valence-corrected chi connectivity index (χ3v) is 23.5. The van der Waals surface area contributed by atoms with Gasteiger partial charge in [-0.05, 0) is 269 Å². The number of fused-ring (bicyclic) bond motifs is 9. The van der Waals surface area contributed by atoms with Crippen LogP contribution in [-0.4, -0.2) is 267 Å². The van der Waals surface area contributed by atoms with Gasteiger partial charge in [0.25, 0.3) is 11.8 Å². The fourth-order valence-corrected chi connectivity index (χ4v) is 18.1. The van der Waals surface area contributed by atoms with Crippen molar-refractivity contribution in [2.75, 3.05) is 20.4 Å². The first-order valence-electron chi connectivity index (χ1n) is 37.7. The number of benzene rings is 5. The summed E-state index contributed by atoms with van der Waals surface area (Å²) < 4.78 is 33.4. The fourth-order valence-electron chi connectivity index (χ4n) is 16.1. The van der Waals surface area contributed by atoms with Crippen LogP contribution < -0.4 is 45.4 Å². The van der Waals surface area contributed by atoms with Crippen LogP contribution in [0.3, 0.4) is 0 Å². The molecule has 5 aromatic carbocycles. The number of ketones is 4. The topological polar surface area (TPSA) is 412 Å². The maximum atomic E-state index is 14.0. The lowest BCUT2D eigenvalue weighted by molar-refractivity contribution is -0.148. The molecule has 9 aliphatic rings. The first kappa shape index (κ1) is 99.5. The Morgan fingerprint density at radius 2 is 0.780 bits per heavy atom. The molecule has 594 valence electrons. The quantitative estimate of drug-likeness (QED) is 0.0332. The number of hydrogen-bond acceptors (Lipinski definition) is 22. The van der Waals surface area contributed by atoms with Crippen molar-refractivity contribution in [3.8, 4) is 68.2 Å². The normalized spacial score (nSPS) is 18.5. The lowest BCUT2D eigenvalue weighted by Crippen LogP contribution is -2.80. The van der Waals surface area contributed by atoms with Gasteiger partial charge in [-0.25, -0.2) is 0 Å². The molecule has 127 heavy (non-hydrogen) atoms. The summed E-state index contributed by atoms with van der Waals surface area (Å²) >= 11 is 3.99. The smallest absolute Gasteiger partial charge is 0.488 e. The Kier molecular flexibility index (Phi) is 33.7. The van der Waals surface area contributed by atoms with Gasteiger partial charge in [0.1, 0.15) is 45.7 Å². The zero-order valence-electron chi connectivity index (χ0n) is 66.3. The highest BCUT2D eigenvalue weighted by molar-refractivity contribution is 14.1. The third kappa shape index (κ3) is 21.1. The molecule has 2 amide bonds. The molecule has 0 bridgehead atoms. The lowest BCUT2D eigenvalue weighted by atomic mass is 8.39. The van der Waals surface area contributed by atoms with Gasteiger partial charge >= 0.3 is 7.12 Å². The molecule has 14 rings (SSSR count). The van der Waals surface area contributed by atoms with E-state index in [1.165, 1.54) is 0 Å². The number of carbonyl (C=O) groups excluding carboxylic acids is 6. The standard InChI is InChI=1S/C33H25NO11.C20H4.C19H15I2NO7.C7H7BO4.CH4.B20/c34-32(40)27-20(35)9-16-5-15-6-19-17(13-1-3-21-23(7-13)44-11-42-21)10-18(14-2-4-22-24(8-14)45-12-43-22)28(36)26(19)29(37)25(15)30(38)33(16,41)31(27)39;1-3-5-7-9-11-13-15-17-19-20-18-16-14-12-10-8-6-4-2;20-8-4-9(21)14(24)12-7(8)2-5-1-6-3-10(23)13(18(22)28)17(27)19(6,29)16(26)11(5)15(12)25;9-8(10)5-1-2-6-7(3-5)12-4-11-6;;1-12(2)17(11)20(18(13(3)4)14(5)6)19(15(7)8)16(9)10/h1-4,7-8,10,15-16,36-37,39,41H,5-6,9,11-12H2,(H2,34,40);1-2H2;4-6,24-25,27,29H,1-3H2,(H2,22,28);1-3,9-10H,4H2;1H4;/t15-,16+,33+;;5-,6+,19+;;;/m1.1.../s1. The molecule has 0 saturated heterocycles. The van der Waals surface area contributed by atoms with E-state index >= 15 is 0 Å². The lowest BCUT2D eigenvalue weighted by Gasteiger charge is -2.46. The van der Waals surface area contributed by atoms with Crippen molar-refractivity contribution in [1.29, 1.82) is 0 Å². The number of ether oxygens (including phenoxy) is 6. The molecule has 5 aromatic rings. The number of nitrogens with two attached hydrogens (primary N) is 2. The minimum atomic E-state index is -2.65. The van der Waals surface area contributed by atoms with Crippen molar-refractivity contribution in [3.63, 3.8) is 0 Å². The van der Waals surface area contributed by atoms with Gasteiger partial charge in [-0.3, -0.25) is 28.8 Å². The van der Waals surface area contributed by atoms with Gasteiger partial charge in [0.15, 0.2) is 57.3 Å². The monoisotopic (exact) mass is 1880 g/mol. The van der Waals surface area contributed by atoms with E-state index in [2.05, 4.69) is 139 Å². The second kappa shape index (κ2) is 43.0. The van der Waals surface area contributed by atoms with Gasteiger partial charge in [0.2, 0.25) is 31.9 Å². The number of rotatable bonds is 13. The van der Waals surface area contributed by atoms with Crippen LogP contribution in [0.2, 0.25) is 0 Å². The highest BCUT2D eigenvalue weighted by Gasteiger charge is 2.62. The van der Waals surface area contributed by atoms with E-state index in [-0.39, 0.29) is 87.3 Å². The Labute approximate surface area is 775 Å². The minimum Gasteiger partial charge on any atom is -0.508 e. The second-order valence-electron chi connectivity index (χ2n) is 29.2. The van der Waals surface area contributed by atoms with Crippen molar-refractivity contribution in [2.24, 2.45) is 35.1 Å². The van der Waals surface area contributed by atoms with E-state index in [0.717, 1.165) is 3.57 Å². The minimum absolute atomic E-state index is 0. The van der Waals surface area contributed by atoms with Gasteiger partial charge in [-0.15, -0.1) is 0 Å². The van der Waals surface area contributed by atoms with E-state index in [1.807, 2.05) is 28.7 Å². The van der Waals surface area contributed by atoms with Crippen molar-refractivity contribution in [3.05, 3.63) is 246 Å². The maximum absolute atomic E-state index is 14.0. The number of phenols is 2. The molecule has 14 N–H and O–H groups in total. The number of primary amides is 2. The van der Waals surface area contributed by atoms with Crippen LogP contribution in [0.4, 0.5) is 0 Å². The van der Waals surface area contributed by atoms with E-state index in [0.29, 0.717) is 83.3 Å². The molecule has 6 atom stereocenters. The van der Waals surface area contributed by atoms with Gasteiger partial charge in [-0.1, -0.05) is 37.1 Å². The number of hydrogen-bond donors (Lipinski definition) is 12. The van der Waals surface area contributed by atoms with Gasteiger partial charge in [-0.2, -0.15) is 0 Å². The molecule has 24 nitrogen and oxygen atoms in total. The highest BCUT2D eigenvalue weighted by Crippen LogP contribution is 2.57. The summed E-state index contributed by atoms with van der Waals surface area (Å²) in [5.41, 5.74) is 51.6. The maximum Gasteiger partial charge on any atom is 0.488 e. The number of halogens is 2. The number of phenolic OH excluding ortho intramolecular Hbond substituents is 2. The fraction of sp³-hybridized carbons (Fsp3) is 0.200. The molecule has 22 radical (unpaired) electrons. The van der Waals surface area contributed by atoms with Crippen molar-refractivity contribution >= 4 is 247 Å². The van der Waals surface area contributed by atoms with Crippen LogP contribution in [0.1, 0.15) is 55.4 Å². The highest BCUT2D eigenvalue weighted by atomic mass is 127. The summed E-state index contributed by atoms with van der Waals surface area (Å²) in [5.74, 6) is -9.74. The summed E-state index contributed by atoms with van der Waals surface area (Å²) in [6.07, 6.45) is -7.26. The van der Waals surface area contributed by atoms with Gasteiger partial charge < -0.3 is 90.8 Å². The zero-order chi connectivity index (χ0) is 92.2. The van der Waals surface area contributed by atoms with E-state index in [4.69, 9.17) is 135 Å². The molecule has 0 unspecified atom stereocenters. The number of amides is 2. The first-order valence-corrected chi connectivity index (χ1v) is 39.9. The molecule has 2 fully saturated rings. The average Bonchev–Trinajstić information content (AvgIpc) is 0.864. The molecular formula is C80H55B21I2N2O22.